The Bertz CT molecular complexity index is 351. The molecule has 0 amide bonds. The number of aliphatic hydroxyl groups is 1. The number of hydrogen-bond donors (Lipinski definition) is 2. The molecule has 0 radical (unpaired) electrons. The van der Waals surface area contributed by atoms with Gasteiger partial charge in [-0.15, -0.1) is 0 Å². The van der Waals surface area contributed by atoms with Gasteiger partial charge >= 0.3 is 0 Å². The van der Waals surface area contributed by atoms with Gasteiger partial charge in [0.25, 0.3) is 0 Å². The van der Waals surface area contributed by atoms with E-state index < -0.39 is 0 Å². The molecule has 0 fully saturated rings. The maximum absolute atomic E-state index is 9.41. The Balaban J connectivity index is 3.11. The van der Waals surface area contributed by atoms with E-state index in [4.69, 9.17) is 14.6 Å². The summed E-state index contributed by atoms with van der Waals surface area (Å²) in [5.41, 5.74) is 0.635. The molecule has 0 unspecified atom stereocenters. The van der Waals surface area contributed by atoms with Crippen LogP contribution in [0.1, 0.15) is 5.56 Å². The van der Waals surface area contributed by atoms with Gasteiger partial charge in [-0.2, -0.15) is 0 Å². The second-order valence-corrected chi connectivity index (χ2v) is 3.02. The van der Waals surface area contributed by atoms with E-state index in [1.807, 2.05) is 0 Å². The Hall–Kier alpha value is -1.75. The molecular formula is C11H15NO4. The van der Waals surface area contributed by atoms with Gasteiger partial charge in [-0.1, -0.05) is 0 Å². The van der Waals surface area contributed by atoms with Crippen LogP contribution in [-0.4, -0.2) is 43.8 Å². The lowest BCUT2D eigenvalue weighted by Gasteiger charge is -2.10. The van der Waals surface area contributed by atoms with E-state index in [2.05, 4.69) is 4.99 Å². The third kappa shape index (κ3) is 2.87. The van der Waals surface area contributed by atoms with Crippen molar-refractivity contribution in [3.05, 3.63) is 17.7 Å². The molecule has 1 aromatic rings. The first-order valence-corrected chi connectivity index (χ1v) is 4.78. The summed E-state index contributed by atoms with van der Waals surface area (Å²) in [6.45, 7) is 0.298. The summed E-state index contributed by atoms with van der Waals surface area (Å²) in [5.74, 6) is 1.00. The number of aliphatic imine (C=N–C) groups is 1. The zero-order valence-electron chi connectivity index (χ0n) is 9.30. The van der Waals surface area contributed by atoms with Crippen LogP contribution in [0.5, 0.6) is 17.2 Å². The largest absolute Gasteiger partial charge is 0.508 e. The van der Waals surface area contributed by atoms with Crippen LogP contribution in [0.25, 0.3) is 0 Å². The summed E-state index contributed by atoms with van der Waals surface area (Å²) in [4.78, 5) is 3.99. The molecule has 0 atom stereocenters. The van der Waals surface area contributed by atoms with E-state index in [1.54, 1.807) is 6.21 Å². The van der Waals surface area contributed by atoms with Crippen molar-refractivity contribution in [2.45, 2.75) is 0 Å². The molecule has 16 heavy (non-hydrogen) atoms. The Morgan fingerprint density at radius 3 is 2.25 bits per heavy atom. The lowest BCUT2D eigenvalue weighted by Crippen LogP contribution is -1.97. The molecule has 0 aliphatic rings. The highest BCUT2D eigenvalue weighted by Gasteiger charge is 2.10. The van der Waals surface area contributed by atoms with Crippen molar-refractivity contribution in [1.29, 1.82) is 0 Å². The number of rotatable bonds is 5. The molecule has 2 N–H and O–H groups in total. The average molecular weight is 225 g/mol. The molecular weight excluding hydrogens is 210 g/mol. The highest BCUT2D eigenvalue weighted by molar-refractivity contribution is 5.88. The molecule has 1 aromatic carbocycles. The number of ether oxygens (including phenoxy) is 2. The summed E-state index contributed by atoms with van der Waals surface area (Å²) in [6, 6.07) is 2.95. The second kappa shape index (κ2) is 5.97. The summed E-state index contributed by atoms with van der Waals surface area (Å²) >= 11 is 0. The predicted octanol–water partition coefficient (Wildman–Crippen LogP) is 0.821. The molecule has 0 saturated carbocycles. The molecule has 1 rings (SSSR count). The van der Waals surface area contributed by atoms with Crippen LogP contribution in [0.3, 0.4) is 0 Å². The van der Waals surface area contributed by atoms with E-state index in [9.17, 15) is 5.11 Å². The number of phenols is 1. The van der Waals surface area contributed by atoms with Crippen LogP contribution in [-0.2, 0) is 0 Å². The molecule has 0 aromatic heterocycles. The van der Waals surface area contributed by atoms with Crippen molar-refractivity contribution < 1.29 is 19.7 Å². The number of phenolic OH excluding ortho intramolecular Hbond substituents is 1. The fourth-order valence-corrected chi connectivity index (χ4v) is 1.27. The topological polar surface area (TPSA) is 71.3 Å². The van der Waals surface area contributed by atoms with Crippen molar-refractivity contribution >= 4 is 6.21 Å². The fourth-order valence-electron chi connectivity index (χ4n) is 1.27. The number of benzene rings is 1. The molecule has 0 bridgehead atoms. The van der Waals surface area contributed by atoms with E-state index in [1.165, 1.54) is 26.4 Å². The summed E-state index contributed by atoms with van der Waals surface area (Å²) in [7, 11) is 3.00. The number of hydrogen-bond acceptors (Lipinski definition) is 5. The first-order valence-electron chi connectivity index (χ1n) is 4.78. The van der Waals surface area contributed by atoms with Crippen LogP contribution in [0.2, 0.25) is 0 Å². The minimum Gasteiger partial charge on any atom is -0.508 e. The maximum Gasteiger partial charge on any atom is 0.135 e. The van der Waals surface area contributed by atoms with Crippen LogP contribution < -0.4 is 9.47 Å². The molecule has 5 heteroatoms. The Kier molecular flexibility index (Phi) is 4.60. The van der Waals surface area contributed by atoms with E-state index in [0.717, 1.165) is 0 Å². The third-order valence-electron chi connectivity index (χ3n) is 1.98. The molecule has 88 valence electrons. The normalized spacial score (nSPS) is 10.7. The quantitative estimate of drug-likeness (QED) is 0.728. The van der Waals surface area contributed by atoms with Crippen molar-refractivity contribution in [2.24, 2.45) is 4.99 Å². The number of nitrogens with zero attached hydrogens (tertiary/aromatic N) is 1. The van der Waals surface area contributed by atoms with E-state index in [0.29, 0.717) is 23.6 Å². The van der Waals surface area contributed by atoms with Crippen LogP contribution in [0, 0.1) is 0 Å². The number of aliphatic hydroxyl groups excluding tert-OH is 1. The second-order valence-electron chi connectivity index (χ2n) is 3.02. The average Bonchev–Trinajstić information content (AvgIpc) is 2.30. The Morgan fingerprint density at radius 2 is 1.81 bits per heavy atom. The summed E-state index contributed by atoms with van der Waals surface area (Å²) < 4.78 is 10.2. The Labute approximate surface area is 94.0 Å². The van der Waals surface area contributed by atoms with Gasteiger partial charge in [0.2, 0.25) is 0 Å². The predicted molar refractivity (Wildman–Crippen MR) is 60.8 cm³/mol. The highest BCUT2D eigenvalue weighted by Crippen LogP contribution is 2.31. The molecule has 0 aliphatic carbocycles. The fraction of sp³-hybridized carbons (Fsp3) is 0.364. The smallest absolute Gasteiger partial charge is 0.135 e. The van der Waals surface area contributed by atoms with Crippen molar-refractivity contribution in [3.8, 4) is 17.2 Å². The van der Waals surface area contributed by atoms with Gasteiger partial charge < -0.3 is 19.7 Å². The zero-order valence-corrected chi connectivity index (χ0v) is 9.30. The van der Waals surface area contributed by atoms with Crippen LogP contribution in [0.4, 0.5) is 0 Å². The van der Waals surface area contributed by atoms with Gasteiger partial charge in [-0.05, 0) is 0 Å². The maximum atomic E-state index is 9.41. The Morgan fingerprint density at radius 1 is 1.25 bits per heavy atom. The van der Waals surface area contributed by atoms with Crippen molar-refractivity contribution in [3.63, 3.8) is 0 Å². The molecule has 0 spiro atoms. The minimum atomic E-state index is -0.0147. The van der Waals surface area contributed by atoms with Crippen molar-refractivity contribution in [1.82, 2.24) is 0 Å². The van der Waals surface area contributed by atoms with Gasteiger partial charge in [0.05, 0.1) is 32.9 Å². The SMILES string of the molecule is COc1cc(O)cc(OC)c1/C=N/CCO. The van der Waals surface area contributed by atoms with Crippen LogP contribution >= 0.6 is 0 Å². The standard InChI is InChI=1S/C11H15NO4/c1-15-10-5-8(14)6-11(16-2)9(10)7-12-3-4-13/h5-7,13-14H,3-4H2,1-2H3/b12-7+. The van der Waals surface area contributed by atoms with Gasteiger partial charge in [0.1, 0.15) is 17.2 Å². The number of aromatic hydroxyl groups is 1. The van der Waals surface area contributed by atoms with Crippen molar-refractivity contribution in [2.75, 3.05) is 27.4 Å². The van der Waals surface area contributed by atoms with Gasteiger partial charge in [-0.3, -0.25) is 4.99 Å². The first kappa shape index (κ1) is 12.3. The number of methoxy groups -OCH3 is 2. The monoisotopic (exact) mass is 225 g/mol. The third-order valence-corrected chi connectivity index (χ3v) is 1.98. The summed E-state index contributed by atoms with van der Waals surface area (Å²) in [6.07, 6.45) is 1.55. The molecule has 5 nitrogen and oxygen atoms in total. The van der Waals surface area contributed by atoms with E-state index >= 15 is 0 Å². The van der Waals surface area contributed by atoms with Crippen LogP contribution in [0.15, 0.2) is 17.1 Å². The molecule has 0 saturated heterocycles. The van der Waals surface area contributed by atoms with Gasteiger partial charge in [-0.25, -0.2) is 0 Å². The lowest BCUT2D eigenvalue weighted by molar-refractivity contribution is 0.307. The van der Waals surface area contributed by atoms with E-state index in [-0.39, 0.29) is 12.4 Å². The van der Waals surface area contributed by atoms with Gasteiger partial charge in [0, 0.05) is 18.3 Å². The van der Waals surface area contributed by atoms with Gasteiger partial charge in [0.15, 0.2) is 0 Å². The zero-order chi connectivity index (χ0) is 12.0. The molecule has 0 aliphatic heterocycles. The first-order chi connectivity index (χ1) is 7.72. The lowest BCUT2D eigenvalue weighted by atomic mass is 10.2. The molecule has 0 heterocycles. The highest BCUT2D eigenvalue weighted by atomic mass is 16.5. The minimum absolute atomic E-state index is 0.0147. The summed E-state index contributed by atoms with van der Waals surface area (Å²) in [5, 5.41) is 18.0.